The molecule has 0 spiro atoms. The highest BCUT2D eigenvalue weighted by atomic mass is 35.5. The van der Waals surface area contributed by atoms with E-state index in [0.29, 0.717) is 88.9 Å². The number of nitrogens with one attached hydrogen (secondary N) is 3. The van der Waals surface area contributed by atoms with Gasteiger partial charge in [-0.1, -0.05) is 123 Å². The Morgan fingerprint density at radius 2 is 0.707 bits per heavy atom. The Bertz CT molecular complexity index is 8780. The van der Waals surface area contributed by atoms with Gasteiger partial charge in [0.05, 0.1) is 79.9 Å². The lowest BCUT2D eigenvalue weighted by Gasteiger charge is -2.26. The first kappa shape index (κ1) is 110. The number of halogens is 8. The molecule has 0 saturated carbocycles. The van der Waals surface area contributed by atoms with Gasteiger partial charge in [-0.3, -0.25) is 66.5 Å². The Morgan fingerprint density at radius 3 is 1.04 bits per heavy atom. The van der Waals surface area contributed by atoms with Gasteiger partial charge in [-0.2, -0.15) is 0 Å². The minimum atomic E-state index is -3.77. The molecule has 16 aromatic rings. The van der Waals surface area contributed by atoms with Crippen molar-refractivity contribution in [3.63, 3.8) is 0 Å². The van der Waals surface area contributed by atoms with Crippen molar-refractivity contribution >= 4 is 267 Å². The molecule has 0 atom stereocenters. The Morgan fingerprint density at radius 1 is 0.373 bits per heavy atom. The van der Waals surface area contributed by atoms with Crippen LogP contribution in [-0.4, -0.2) is 211 Å². The molecule has 150 heavy (non-hydrogen) atoms. The third kappa shape index (κ3) is 26.9. The number of aliphatic imine (C=N–C) groups is 1. The molecule has 0 radical (unpaired) electrons. The van der Waals surface area contributed by atoms with E-state index < -0.39 is 85.5 Å². The zero-order valence-corrected chi connectivity index (χ0v) is 92.4. The molecule has 8 aromatic carbocycles. The summed E-state index contributed by atoms with van der Waals surface area (Å²) < 4.78 is 113. The SMILES string of the molecule is CN1CCN=C1c1ccc2c(=O)n(-c3ccc(CC(=O)CS(=O)(=O)c4ccc(Cl)s4)cc3Cl)ccc2c1.O=C(Cc1ccc(-n2ccc3cc(NCCN4CCCC4)ccc3c2=O)c(Cl)c1)CS(=O)(=O)c1ccc(Cl)s1.O=C(Cc1ccc(-n2ccc3cc(NCCN4CCOCC4)ccc3c2=O)c(Cl)c1)CS(=O)(=O)c1ccc(Cl)s1.O=C(Cc1ccc(-n2ccc3cc4c(cc3c2=O)CCN4)c(Cl)c1)CS(=O)(=O)c1ccc(Cl)s1. The minimum absolute atomic E-state index is 0.0604. The Kier molecular flexibility index (Phi) is 35.3. The number of rotatable bonds is 33. The van der Waals surface area contributed by atoms with Crippen LogP contribution in [0.4, 0.5) is 17.1 Å². The van der Waals surface area contributed by atoms with E-state index in [-0.39, 0.29) is 79.8 Å². The molecule has 44 heteroatoms. The number of nitrogens with zero attached hydrogens (tertiary/aromatic N) is 8. The van der Waals surface area contributed by atoms with Crippen molar-refractivity contribution in [1.29, 1.82) is 0 Å². The maximum atomic E-state index is 13.3. The summed E-state index contributed by atoms with van der Waals surface area (Å²) in [5.74, 6) is -3.44. The number of Topliss-reactive ketones (excluding diaryl/α,β-unsaturated/α-hetero) is 4. The standard InChI is InChI=1S/C28H27Cl2N3O5S2.C28H27Cl2N3O4S2.C26H21Cl2N3O4S2.C24H18Cl2N2O4S2/c29-24-16-19(15-22(34)18-40(36,37)27-6-5-26(30)39-27)1-4-25(24)33-9-7-20-17-21(2-3-23(20)28(33)35)31-8-10-32-11-13-38-14-12-32;29-24-16-19(15-22(34)18-39(36,37)27-8-7-26(30)38-27)3-6-25(24)33-13-9-20-17-21(4-5-23(20)28(33)35)31-10-14-32-11-1-2-12-32;1-30-11-9-29-25(30)18-3-4-20-17(14-18)8-10-31(26(20)33)22-5-2-16(13-21(22)27)12-19(32)15-37(34,35)24-7-6-23(28)36-24;25-19-10-14(9-17(29)13-34(31,32)23-4-3-22(26)33-23)1-2-21(19)28-8-6-15-12-20-16(5-7-27-20)11-18(15)24(28)30/h1-7,9,16-17,31H,8,10-15,18H2;3-9,13,16-17,31H,1-2,10-12,14-15,18H2;2-8,10,13-14H,9,11-12,15H2,1H3;1-4,6,8,10-12,27H,5,7,9,13H2. The normalized spacial score (nSPS) is 13.9. The number of sulfone groups is 4. The number of likely N-dealkylation sites (N-methyl/N-ethyl adjacent to an activating group) is 1. The van der Waals surface area contributed by atoms with Gasteiger partial charge in [0, 0.05) is 154 Å². The summed E-state index contributed by atoms with van der Waals surface area (Å²) in [6, 6.07) is 59.6. The number of anilines is 3. The fourth-order valence-corrected chi connectivity index (χ4v) is 30.2. The summed E-state index contributed by atoms with van der Waals surface area (Å²) in [4.78, 5) is 114. The van der Waals surface area contributed by atoms with Crippen molar-refractivity contribution in [3.05, 3.63) is 349 Å². The third-order valence-corrected chi connectivity index (χ3v) is 40.4. The number of carbonyl (C=O) groups excluding carboxylic acids is 4. The van der Waals surface area contributed by atoms with E-state index in [1.54, 1.807) is 110 Å². The number of thiophene rings is 4. The van der Waals surface area contributed by atoms with Crippen LogP contribution in [0.25, 0.3) is 65.8 Å². The summed E-state index contributed by atoms with van der Waals surface area (Å²) in [6.07, 6.45) is 9.71. The highest BCUT2D eigenvalue weighted by Crippen LogP contribution is 2.36. The largest absolute Gasteiger partial charge is 0.384 e. The van der Waals surface area contributed by atoms with Crippen LogP contribution in [0.15, 0.2) is 278 Å². The quantitative estimate of drug-likeness (QED) is 0.0344. The highest BCUT2D eigenvalue weighted by molar-refractivity contribution is 7.95. The lowest BCUT2D eigenvalue weighted by molar-refractivity contribution is -0.116. The predicted molar refractivity (Wildman–Crippen MR) is 605 cm³/mol. The molecule has 20 rings (SSSR count). The second kappa shape index (κ2) is 48.1. The molecule has 3 N–H and O–H groups in total. The number of pyridine rings is 4. The molecule has 0 amide bonds. The molecule has 778 valence electrons. The van der Waals surface area contributed by atoms with E-state index in [9.17, 15) is 72.0 Å². The van der Waals surface area contributed by atoms with Crippen molar-refractivity contribution in [2.45, 2.75) is 61.8 Å². The van der Waals surface area contributed by atoms with E-state index in [0.717, 1.165) is 193 Å². The Hall–Kier alpha value is -11.1. The molecule has 0 aliphatic carbocycles. The smallest absolute Gasteiger partial charge is 0.263 e. The highest BCUT2D eigenvalue weighted by Gasteiger charge is 2.30. The fraction of sp³-hybridized carbons (Fsp3) is 0.236. The van der Waals surface area contributed by atoms with Gasteiger partial charge in [0.15, 0.2) is 62.5 Å². The molecular weight excluding hydrogens is 2240 g/mol. The van der Waals surface area contributed by atoms with Crippen LogP contribution in [0.3, 0.4) is 0 Å². The van der Waals surface area contributed by atoms with Crippen molar-refractivity contribution in [2.75, 3.05) is 131 Å². The molecule has 2 saturated heterocycles. The fourth-order valence-electron chi connectivity index (χ4n) is 17.8. The van der Waals surface area contributed by atoms with Crippen LogP contribution in [0.1, 0.15) is 46.2 Å². The molecule has 8 aromatic heterocycles. The van der Waals surface area contributed by atoms with Crippen LogP contribution in [0.5, 0.6) is 0 Å². The molecule has 28 nitrogen and oxygen atoms in total. The molecule has 0 bridgehead atoms. The van der Waals surface area contributed by atoms with Gasteiger partial charge in [0.1, 0.15) is 45.7 Å². The van der Waals surface area contributed by atoms with Gasteiger partial charge in [-0.25, -0.2) is 33.7 Å². The van der Waals surface area contributed by atoms with E-state index in [2.05, 4.69) is 35.6 Å². The van der Waals surface area contributed by atoms with E-state index >= 15 is 0 Å². The number of amidine groups is 1. The Labute approximate surface area is 918 Å². The monoisotopic (exact) mass is 2330 g/mol. The number of fused-ring (bicyclic) bond motifs is 5. The summed E-state index contributed by atoms with van der Waals surface area (Å²) in [6.45, 7) is 11.8. The molecule has 2 fully saturated rings. The van der Waals surface area contributed by atoms with E-state index in [1.807, 2.05) is 85.9 Å². The number of hydrogen-bond donors (Lipinski definition) is 3. The summed E-state index contributed by atoms with van der Waals surface area (Å²) in [7, 11) is -13.0. The number of ketones is 4. The van der Waals surface area contributed by atoms with E-state index in [1.165, 1.54) is 79.6 Å². The Balaban J connectivity index is 0.000000136. The molecule has 0 unspecified atom stereocenters. The van der Waals surface area contributed by atoms with Gasteiger partial charge >= 0.3 is 0 Å². The van der Waals surface area contributed by atoms with Crippen molar-refractivity contribution in [2.24, 2.45) is 4.99 Å². The van der Waals surface area contributed by atoms with Gasteiger partial charge in [-0.05, 0) is 264 Å². The van der Waals surface area contributed by atoms with Gasteiger partial charge < -0.3 is 30.5 Å². The summed E-state index contributed by atoms with van der Waals surface area (Å²) >= 11 is 53.0. The zero-order chi connectivity index (χ0) is 106. The van der Waals surface area contributed by atoms with Gasteiger partial charge in [0.2, 0.25) is 0 Å². The molecule has 12 heterocycles. The average molecular weight is 2330 g/mol. The van der Waals surface area contributed by atoms with Crippen molar-refractivity contribution in [3.8, 4) is 22.7 Å². The van der Waals surface area contributed by atoms with Crippen LogP contribution < -0.4 is 38.2 Å². The van der Waals surface area contributed by atoms with Crippen LogP contribution >= 0.6 is 138 Å². The maximum Gasteiger partial charge on any atom is 0.263 e. The second-order valence-corrected chi connectivity index (χ2v) is 53.3. The summed E-state index contributed by atoms with van der Waals surface area (Å²) in [5, 5.41) is 16.9. The number of aromatic nitrogens is 4. The lowest BCUT2D eigenvalue weighted by Crippen LogP contribution is -2.39. The average Bonchev–Trinajstić information content (AvgIpc) is 1.37. The van der Waals surface area contributed by atoms with Gasteiger partial charge in [0.25, 0.3) is 22.2 Å². The zero-order valence-electron chi connectivity index (χ0n) is 79.8. The van der Waals surface area contributed by atoms with Crippen molar-refractivity contribution < 1.29 is 57.6 Å². The van der Waals surface area contributed by atoms with Crippen LogP contribution in [0, 0.1) is 0 Å². The maximum absolute atomic E-state index is 13.3. The number of benzene rings is 8. The topological polar surface area (TPSA) is 360 Å². The van der Waals surface area contributed by atoms with Crippen molar-refractivity contribution in [1.82, 2.24) is 33.0 Å². The second-order valence-electron chi connectivity index (χ2n) is 35.9. The number of ether oxygens (including phenoxy) is 1. The molecule has 4 aliphatic heterocycles. The van der Waals surface area contributed by atoms with Crippen LogP contribution in [0.2, 0.25) is 37.4 Å². The number of likely N-dealkylation sites (tertiary alicyclic amines) is 1. The predicted octanol–water partition coefficient (Wildman–Crippen LogP) is 19.7. The number of carbonyl (C=O) groups is 4. The van der Waals surface area contributed by atoms with Gasteiger partial charge in [-0.15, -0.1) is 45.3 Å². The van der Waals surface area contributed by atoms with Crippen LogP contribution in [-0.2, 0) is 95.4 Å². The molecule has 4 aliphatic rings. The van der Waals surface area contributed by atoms with E-state index in [4.69, 9.17) is 97.5 Å². The first-order valence-corrected chi connectivity index (χ1v) is 59.9. The molecular formula is C106H93Cl8N11O17S8. The minimum Gasteiger partial charge on any atom is -0.384 e. The number of morpholine rings is 1. The first-order valence-electron chi connectivity index (χ1n) is 47.0. The summed E-state index contributed by atoms with van der Waals surface area (Å²) in [5.41, 5.74) is 8.35. The third-order valence-electron chi connectivity index (χ3n) is 25.2. The lowest BCUT2D eigenvalue weighted by atomic mass is 10.1. The number of hydrogen-bond acceptors (Lipinski definition) is 28. The first-order chi connectivity index (χ1) is 71.7.